The van der Waals surface area contributed by atoms with Crippen molar-refractivity contribution in [3.63, 3.8) is 0 Å². The van der Waals surface area contributed by atoms with Gasteiger partial charge in [0.05, 0.1) is 18.8 Å². The van der Waals surface area contributed by atoms with Crippen molar-refractivity contribution in [2.45, 2.75) is 38.8 Å². The van der Waals surface area contributed by atoms with Crippen molar-refractivity contribution in [1.82, 2.24) is 0 Å². The highest BCUT2D eigenvalue weighted by molar-refractivity contribution is 6.31. The Morgan fingerprint density at radius 2 is 2.21 bits per heavy atom. The molecule has 1 fully saturated rings. The number of nitrogens with two attached hydrogens (primary N) is 1. The minimum absolute atomic E-state index is 0.0183. The Hall–Kier alpha value is -0.770. The molecule has 0 saturated carbocycles. The van der Waals surface area contributed by atoms with Crippen LogP contribution >= 0.6 is 11.6 Å². The zero-order valence-electron chi connectivity index (χ0n) is 11.9. The number of ether oxygens (including phenoxy) is 1. The first-order chi connectivity index (χ1) is 8.92. The molecule has 1 aromatic rings. The summed E-state index contributed by atoms with van der Waals surface area (Å²) in [6.07, 6.45) is 0.794. The average Bonchev–Trinajstić information content (AvgIpc) is 2.31. The predicted molar refractivity (Wildman–Crippen MR) is 81.0 cm³/mol. The fourth-order valence-electron chi connectivity index (χ4n) is 2.63. The maximum atomic E-state index is 6.37. The zero-order valence-corrected chi connectivity index (χ0v) is 12.7. The van der Waals surface area contributed by atoms with E-state index < -0.39 is 0 Å². The van der Waals surface area contributed by atoms with E-state index in [0.29, 0.717) is 0 Å². The molecule has 1 atom stereocenters. The molecule has 1 saturated heterocycles. The van der Waals surface area contributed by atoms with Gasteiger partial charge in [0.25, 0.3) is 0 Å². The van der Waals surface area contributed by atoms with Gasteiger partial charge in [-0.15, -0.1) is 0 Å². The lowest BCUT2D eigenvalue weighted by atomic mass is 9.97. The Morgan fingerprint density at radius 3 is 2.84 bits per heavy atom. The number of nitrogens with zero attached hydrogens (tertiary/aromatic N) is 1. The highest BCUT2D eigenvalue weighted by Gasteiger charge is 2.32. The van der Waals surface area contributed by atoms with Crippen LogP contribution in [0.25, 0.3) is 0 Å². The normalized spacial score (nSPS) is 20.4. The van der Waals surface area contributed by atoms with Crippen LogP contribution in [-0.4, -0.2) is 31.3 Å². The second-order valence-corrected chi connectivity index (χ2v) is 6.34. The van der Waals surface area contributed by atoms with Crippen molar-refractivity contribution >= 4 is 17.3 Å². The first kappa shape index (κ1) is 14.6. The molecule has 1 aliphatic heterocycles. The second-order valence-electron chi connectivity index (χ2n) is 5.94. The molecule has 106 valence electrons. The number of morpholine rings is 1. The largest absolute Gasteiger partial charge is 0.377 e. The van der Waals surface area contributed by atoms with E-state index >= 15 is 0 Å². The van der Waals surface area contributed by atoms with E-state index in [4.69, 9.17) is 22.1 Å². The van der Waals surface area contributed by atoms with E-state index in [1.54, 1.807) is 0 Å². The lowest BCUT2D eigenvalue weighted by Gasteiger charge is -2.44. The predicted octanol–water partition coefficient (Wildman–Crippen LogP) is 2.84. The molecule has 1 unspecified atom stereocenters. The molecule has 0 aliphatic carbocycles. The van der Waals surface area contributed by atoms with Crippen LogP contribution in [-0.2, 0) is 11.2 Å². The van der Waals surface area contributed by atoms with Crippen molar-refractivity contribution in [2.24, 2.45) is 5.73 Å². The summed E-state index contributed by atoms with van der Waals surface area (Å²) in [5.41, 5.74) is 8.28. The van der Waals surface area contributed by atoms with Gasteiger partial charge in [-0.1, -0.05) is 17.7 Å². The average molecular weight is 283 g/mol. The third-order valence-electron chi connectivity index (χ3n) is 3.56. The van der Waals surface area contributed by atoms with Gasteiger partial charge in [0, 0.05) is 23.3 Å². The van der Waals surface area contributed by atoms with Crippen molar-refractivity contribution in [3.05, 3.63) is 28.8 Å². The van der Waals surface area contributed by atoms with E-state index in [0.717, 1.165) is 36.8 Å². The summed E-state index contributed by atoms with van der Waals surface area (Å²) in [5.74, 6) is 0. The first-order valence-electron chi connectivity index (χ1n) is 6.80. The Balaban J connectivity index is 2.40. The number of benzene rings is 1. The minimum Gasteiger partial charge on any atom is -0.377 e. The highest BCUT2D eigenvalue weighted by atomic mass is 35.5. The monoisotopic (exact) mass is 282 g/mol. The van der Waals surface area contributed by atoms with Gasteiger partial charge in [-0.3, -0.25) is 0 Å². The van der Waals surface area contributed by atoms with Gasteiger partial charge >= 0.3 is 0 Å². The van der Waals surface area contributed by atoms with Crippen molar-refractivity contribution in [3.8, 4) is 0 Å². The molecule has 0 bridgehead atoms. The minimum atomic E-state index is -0.0183. The molecule has 0 radical (unpaired) electrons. The number of halogens is 1. The molecule has 19 heavy (non-hydrogen) atoms. The van der Waals surface area contributed by atoms with Crippen LogP contribution < -0.4 is 10.6 Å². The number of hydrogen-bond donors (Lipinski definition) is 1. The number of hydrogen-bond acceptors (Lipinski definition) is 3. The van der Waals surface area contributed by atoms with Crippen molar-refractivity contribution in [2.75, 3.05) is 24.7 Å². The summed E-state index contributed by atoms with van der Waals surface area (Å²) in [4.78, 5) is 2.39. The molecule has 2 N–H and O–H groups in total. The van der Waals surface area contributed by atoms with E-state index in [9.17, 15) is 0 Å². The second kappa shape index (κ2) is 5.70. The van der Waals surface area contributed by atoms with Crippen LogP contribution in [0.1, 0.15) is 26.3 Å². The summed E-state index contributed by atoms with van der Waals surface area (Å²) in [7, 11) is 0. The van der Waals surface area contributed by atoms with Gasteiger partial charge in [0.1, 0.15) is 0 Å². The van der Waals surface area contributed by atoms with Crippen LogP contribution in [0.3, 0.4) is 0 Å². The van der Waals surface area contributed by atoms with Crippen LogP contribution in [0.5, 0.6) is 0 Å². The van der Waals surface area contributed by atoms with Gasteiger partial charge in [-0.05, 0) is 44.9 Å². The van der Waals surface area contributed by atoms with Crippen molar-refractivity contribution < 1.29 is 4.74 Å². The Bertz CT molecular complexity index is 446. The van der Waals surface area contributed by atoms with Gasteiger partial charge in [-0.25, -0.2) is 0 Å². The molecule has 3 nitrogen and oxygen atoms in total. The lowest BCUT2D eigenvalue weighted by Crippen LogP contribution is -2.53. The Morgan fingerprint density at radius 1 is 1.47 bits per heavy atom. The maximum absolute atomic E-state index is 6.37. The van der Waals surface area contributed by atoms with Crippen LogP contribution in [0.2, 0.25) is 5.02 Å². The van der Waals surface area contributed by atoms with E-state index in [2.05, 4.69) is 24.8 Å². The topological polar surface area (TPSA) is 38.5 Å². The molecular formula is C15H23ClN2O. The van der Waals surface area contributed by atoms with Crippen molar-refractivity contribution in [1.29, 1.82) is 0 Å². The van der Waals surface area contributed by atoms with Crippen LogP contribution in [0.15, 0.2) is 18.2 Å². The summed E-state index contributed by atoms with van der Waals surface area (Å²) in [6, 6.07) is 6.18. The quantitative estimate of drug-likeness (QED) is 0.926. The first-order valence-corrected chi connectivity index (χ1v) is 7.18. The van der Waals surface area contributed by atoms with E-state index in [1.807, 2.05) is 19.1 Å². The molecule has 1 heterocycles. The number of rotatable bonds is 3. The highest BCUT2D eigenvalue weighted by Crippen LogP contribution is 2.34. The molecule has 0 aromatic heterocycles. The molecule has 4 heteroatoms. The number of anilines is 1. The Labute approximate surface area is 120 Å². The maximum Gasteiger partial charge on any atom is 0.0694 e. The SMILES string of the molecule is CC(N)Cc1c(Cl)cccc1N1CCOCC1(C)C. The standard InChI is InChI=1S/C15H23ClN2O/c1-11(17)9-12-13(16)5-4-6-14(12)18-7-8-19-10-15(18,2)3/h4-6,11H,7-10,17H2,1-3H3. The van der Waals surface area contributed by atoms with Gasteiger partial charge in [0.2, 0.25) is 0 Å². The van der Waals surface area contributed by atoms with Crippen LogP contribution in [0.4, 0.5) is 5.69 Å². The summed E-state index contributed by atoms with van der Waals surface area (Å²) >= 11 is 6.37. The third-order valence-corrected chi connectivity index (χ3v) is 3.91. The third kappa shape index (κ3) is 3.22. The van der Waals surface area contributed by atoms with E-state index in [-0.39, 0.29) is 11.6 Å². The smallest absolute Gasteiger partial charge is 0.0694 e. The molecule has 2 rings (SSSR count). The summed E-state index contributed by atoms with van der Waals surface area (Å²) in [5, 5.41) is 0.803. The van der Waals surface area contributed by atoms with E-state index in [1.165, 1.54) is 5.69 Å². The molecule has 0 spiro atoms. The zero-order chi connectivity index (χ0) is 14.0. The van der Waals surface area contributed by atoms with Gasteiger partial charge in [0.15, 0.2) is 0 Å². The molecule has 0 amide bonds. The van der Waals surface area contributed by atoms with Gasteiger partial charge in [-0.2, -0.15) is 0 Å². The molecule has 1 aliphatic rings. The lowest BCUT2D eigenvalue weighted by molar-refractivity contribution is 0.0643. The molecular weight excluding hydrogens is 260 g/mol. The van der Waals surface area contributed by atoms with Gasteiger partial charge < -0.3 is 15.4 Å². The fraction of sp³-hybridized carbons (Fsp3) is 0.600. The fourth-order valence-corrected chi connectivity index (χ4v) is 2.88. The summed E-state index contributed by atoms with van der Waals surface area (Å²) < 4.78 is 5.59. The Kier molecular flexibility index (Phi) is 4.39. The van der Waals surface area contributed by atoms with Crippen LogP contribution in [0, 0.1) is 0 Å². The summed E-state index contributed by atoms with van der Waals surface area (Å²) in [6.45, 7) is 8.78. The molecule has 1 aromatic carbocycles.